The van der Waals surface area contributed by atoms with Gasteiger partial charge in [-0.1, -0.05) is 5.16 Å². The number of rotatable bonds is 2. The number of aromatic nitrogens is 3. The van der Waals surface area contributed by atoms with Crippen molar-refractivity contribution in [1.82, 2.24) is 15.1 Å². The van der Waals surface area contributed by atoms with Gasteiger partial charge in [0.1, 0.15) is 12.1 Å². The van der Waals surface area contributed by atoms with Crippen molar-refractivity contribution in [2.75, 3.05) is 5.73 Å². The van der Waals surface area contributed by atoms with Crippen LogP contribution in [0.1, 0.15) is 0 Å². The van der Waals surface area contributed by atoms with Crippen LogP contribution in [0.15, 0.2) is 45.9 Å². The summed E-state index contributed by atoms with van der Waals surface area (Å²) in [4.78, 5) is 8.19. The molecule has 6 heteroatoms. The smallest absolute Gasteiger partial charge is 0.259 e. The van der Waals surface area contributed by atoms with Crippen LogP contribution in [0.3, 0.4) is 0 Å². The van der Waals surface area contributed by atoms with Crippen LogP contribution < -0.4 is 5.73 Å². The van der Waals surface area contributed by atoms with Crippen molar-refractivity contribution in [2.24, 2.45) is 0 Å². The largest absolute Gasteiger partial charge is 0.472 e. The number of nitrogens with two attached hydrogens (primary N) is 1. The molecule has 2 N–H and O–H groups in total. The fraction of sp³-hybridized carbons (Fsp3) is 0. The highest BCUT2D eigenvalue weighted by Crippen LogP contribution is 2.21. The van der Waals surface area contributed by atoms with Crippen molar-refractivity contribution < 1.29 is 8.94 Å². The zero-order valence-electron chi connectivity index (χ0n) is 8.70. The molecule has 3 rings (SSSR count). The Morgan fingerprint density at radius 2 is 2.06 bits per heavy atom. The molecule has 3 aromatic heterocycles. The third-order valence-electron chi connectivity index (χ3n) is 2.24. The Bertz CT molecular complexity index is 613. The molecule has 0 aliphatic carbocycles. The van der Waals surface area contributed by atoms with E-state index in [1.807, 2.05) is 0 Å². The number of furan rings is 1. The molecule has 3 heterocycles. The Hall–Kier alpha value is -2.63. The predicted molar refractivity (Wildman–Crippen MR) is 59.6 cm³/mol. The van der Waals surface area contributed by atoms with Crippen molar-refractivity contribution in [3.63, 3.8) is 0 Å². The van der Waals surface area contributed by atoms with Crippen molar-refractivity contribution in [3.05, 3.63) is 36.9 Å². The van der Waals surface area contributed by atoms with Crippen LogP contribution in [0.5, 0.6) is 0 Å². The monoisotopic (exact) mass is 228 g/mol. The average molecular weight is 228 g/mol. The Labute approximate surface area is 96.1 Å². The number of pyridine rings is 1. The molecule has 0 saturated heterocycles. The van der Waals surface area contributed by atoms with E-state index in [-0.39, 0.29) is 0 Å². The molecule has 0 bridgehead atoms. The molecule has 0 spiro atoms. The Balaban J connectivity index is 1.98. The fourth-order valence-corrected chi connectivity index (χ4v) is 1.38. The van der Waals surface area contributed by atoms with Gasteiger partial charge in [-0.3, -0.25) is 0 Å². The minimum atomic E-state index is 0.397. The van der Waals surface area contributed by atoms with Gasteiger partial charge in [-0.05, 0) is 18.2 Å². The summed E-state index contributed by atoms with van der Waals surface area (Å²) >= 11 is 0. The molecule has 0 amide bonds. The quantitative estimate of drug-likeness (QED) is 0.721. The highest BCUT2D eigenvalue weighted by Gasteiger charge is 2.11. The molecule has 0 atom stereocenters. The Morgan fingerprint density at radius 3 is 2.76 bits per heavy atom. The number of nitrogens with zero attached hydrogens (tertiary/aromatic N) is 3. The first kappa shape index (κ1) is 9.59. The summed E-state index contributed by atoms with van der Waals surface area (Å²) < 4.78 is 10.1. The second kappa shape index (κ2) is 3.75. The number of nitrogen functional groups attached to an aromatic ring is 1. The molecule has 0 aromatic carbocycles. The third kappa shape index (κ3) is 1.76. The molecule has 17 heavy (non-hydrogen) atoms. The summed E-state index contributed by atoms with van der Waals surface area (Å²) in [5, 5.41) is 3.85. The summed E-state index contributed by atoms with van der Waals surface area (Å²) in [6.07, 6.45) is 4.69. The molecule has 0 unspecified atom stereocenters. The maximum absolute atomic E-state index is 5.50. The van der Waals surface area contributed by atoms with E-state index in [4.69, 9.17) is 14.7 Å². The summed E-state index contributed by atoms with van der Waals surface area (Å²) in [6.45, 7) is 0. The van der Waals surface area contributed by atoms with Gasteiger partial charge in [0.15, 0.2) is 0 Å². The van der Waals surface area contributed by atoms with Gasteiger partial charge >= 0.3 is 0 Å². The van der Waals surface area contributed by atoms with Gasteiger partial charge in [-0.25, -0.2) is 4.98 Å². The standard InChI is InChI=1S/C11H8N4O2/c12-9-2-1-7(5-13-9)11-14-10(15-17-11)8-3-4-16-6-8/h1-6H,(H2,12,13). The highest BCUT2D eigenvalue weighted by molar-refractivity contribution is 5.58. The predicted octanol–water partition coefficient (Wildman–Crippen LogP) is 1.97. The van der Waals surface area contributed by atoms with E-state index in [0.29, 0.717) is 17.5 Å². The number of hydrogen-bond donors (Lipinski definition) is 1. The lowest BCUT2D eigenvalue weighted by molar-refractivity contribution is 0.432. The van der Waals surface area contributed by atoms with Gasteiger partial charge in [-0.15, -0.1) is 0 Å². The molecule has 0 aliphatic rings. The third-order valence-corrected chi connectivity index (χ3v) is 2.24. The van der Waals surface area contributed by atoms with E-state index in [2.05, 4.69) is 15.1 Å². The normalized spacial score (nSPS) is 10.6. The lowest BCUT2D eigenvalue weighted by Crippen LogP contribution is -1.88. The van der Waals surface area contributed by atoms with Gasteiger partial charge in [0.2, 0.25) is 5.82 Å². The molecule has 0 radical (unpaired) electrons. The van der Waals surface area contributed by atoms with Crippen LogP contribution in [0.25, 0.3) is 22.8 Å². The van der Waals surface area contributed by atoms with Gasteiger partial charge in [0.25, 0.3) is 5.89 Å². The topological polar surface area (TPSA) is 91.0 Å². The maximum atomic E-state index is 5.50. The number of anilines is 1. The lowest BCUT2D eigenvalue weighted by atomic mass is 10.3. The van der Waals surface area contributed by atoms with E-state index in [1.165, 1.54) is 0 Å². The average Bonchev–Trinajstić information content (AvgIpc) is 3.00. The summed E-state index contributed by atoms with van der Waals surface area (Å²) in [5.41, 5.74) is 6.99. The first-order valence-electron chi connectivity index (χ1n) is 4.91. The van der Waals surface area contributed by atoms with Crippen LogP contribution in [-0.2, 0) is 0 Å². The number of hydrogen-bond acceptors (Lipinski definition) is 6. The molecular formula is C11H8N4O2. The SMILES string of the molecule is Nc1ccc(-c2nc(-c3ccoc3)no2)cn1. The van der Waals surface area contributed by atoms with Gasteiger partial charge < -0.3 is 14.7 Å². The Morgan fingerprint density at radius 1 is 1.12 bits per heavy atom. The second-order valence-corrected chi connectivity index (χ2v) is 3.41. The van der Waals surface area contributed by atoms with Crippen LogP contribution in [0, 0.1) is 0 Å². The van der Waals surface area contributed by atoms with Gasteiger partial charge in [0.05, 0.1) is 17.4 Å². The van der Waals surface area contributed by atoms with Gasteiger partial charge in [-0.2, -0.15) is 4.98 Å². The summed E-state index contributed by atoms with van der Waals surface area (Å²) in [7, 11) is 0. The first-order valence-corrected chi connectivity index (χ1v) is 4.91. The molecule has 84 valence electrons. The zero-order valence-corrected chi connectivity index (χ0v) is 8.70. The van der Waals surface area contributed by atoms with E-state index in [0.717, 1.165) is 11.1 Å². The van der Waals surface area contributed by atoms with Gasteiger partial charge in [0, 0.05) is 6.20 Å². The summed E-state index contributed by atoms with van der Waals surface area (Å²) in [6, 6.07) is 5.21. The molecule has 0 saturated carbocycles. The van der Waals surface area contributed by atoms with E-state index in [1.54, 1.807) is 36.9 Å². The van der Waals surface area contributed by atoms with E-state index in [9.17, 15) is 0 Å². The van der Waals surface area contributed by atoms with E-state index >= 15 is 0 Å². The molecule has 0 fully saturated rings. The minimum Gasteiger partial charge on any atom is -0.472 e. The van der Waals surface area contributed by atoms with Crippen LogP contribution in [0.2, 0.25) is 0 Å². The maximum Gasteiger partial charge on any atom is 0.259 e. The van der Waals surface area contributed by atoms with Crippen LogP contribution in [-0.4, -0.2) is 15.1 Å². The molecule has 0 aliphatic heterocycles. The minimum absolute atomic E-state index is 0.397. The van der Waals surface area contributed by atoms with Crippen molar-refractivity contribution in [2.45, 2.75) is 0 Å². The van der Waals surface area contributed by atoms with Crippen molar-refractivity contribution in [3.8, 4) is 22.8 Å². The molecule has 6 nitrogen and oxygen atoms in total. The van der Waals surface area contributed by atoms with Crippen molar-refractivity contribution >= 4 is 5.82 Å². The summed E-state index contributed by atoms with van der Waals surface area (Å²) in [5.74, 6) is 1.32. The Kier molecular flexibility index (Phi) is 2.11. The zero-order chi connectivity index (χ0) is 11.7. The lowest BCUT2D eigenvalue weighted by Gasteiger charge is -1.93. The highest BCUT2D eigenvalue weighted by atomic mass is 16.5. The van der Waals surface area contributed by atoms with Crippen molar-refractivity contribution in [1.29, 1.82) is 0 Å². The van der Waals surface area contributed by atoms with Crippen LogP contribution >= 0.6 is 0 Å². The van der Waals surface area contributed by atoms with E-state index < -0.39 is 0 Å². The fourth-order valence-electron chi connectivity index (χ4n) is 1.38. The van der Waals surface area contributed by atoms with Crippen LogP contribution in [0.4, 0.5) is 5.82 Å². The molecule has 3 aromatic rings. The molecular weight excluding hydrogens is 220 g/mol. The first-order chi connectivity index (χ1) is 8.33. The second-order valence-electron chi connectivity index (χ2n) is 3.41.